The highest BCUT2D eigenvalue weighted by Gasteiger charge is 2.54. The molecule has 1 N–H and O–H groups in total. The van der Waals surface area contributed by atoms with Gasteiger partial charge in [0.2, 0.25) is 5.60 Å². The predicted molar refractivity (Wildman–Crippen MR) is 43.5 cm³/mol. The molecule has 0 radical (unpaired) electrons. The van der Waals surface area contributed by atoms with E-state index in [-0.39, 0.29) is 5.57 Å². The van der Waals surface area contributed by atoms with Crippen LogP contribution in [0.2, 0.25) is 0 Å². The molecule has 0 aromatic rings. The second kappa shape index (κ2) is 2.95. The summed E-state index contributed by atoms with van der Waals surface area (Å²) in [6, 6.07) is 0. The number of ketones is 1. The van der Waals surface area contributed by atoms with Gasteiger partial charge in [-0.25, -0.2) is 0 Å². The van der Waals surface area contributed by atoms with Gasteiger partial charge in [-0.05, 0) is 37.1 Å². The molecule has 0 heterocycles. The minimum Gasteiger partial charge on any atom is -0.373 e. The van der Waals surface area contributed by atoms with Crippen LogP contribution in [-0.4, -0.2) is 22.7 Å². The Bertz CT molecular complexity index is 338. The second-order valence-electron chi connectivity index (χ2n) is 3.28. The summed E-state index contributed by atoms with van der Waals surface area (Å²) < 4.78 is 37.3. The first-order valence-corrected chi connectivity index (χ1v) is 3.90. The number of allylic oxidation sites excluding steroid dienone is 2. The summed E-state index contributed by atoms with van der Waals surface area (Å²) >= 11 is 0. The van der Waals surface area contributed by atoms with Crippen molar-refractivity contribution in [2.24, 2.45) is 0 Å². The Morgan fingerprint density at radius 3 is 2.29 bits per heavy atom. The van der Waals surface area contributed by atoms with E-state index in [2.05, 4.69) is 0 Å². The van der Waals surface area contributed by atoms with Crippen molar-refractivity contribution < 1.29 is 23.1 Å². The van der Waals surface area contributed by atoms with Gasteiger partial charge in [-0.2, -0.15) is 13.2 Å². The Hall–Kier alpha value is -1.10. The van der Waals surface area contributed by atoms with Crippen molar-refractivity contribution in [3.05, 3.63) is 23.3 Å². The van der Waals surface area contributed by atoms with E-state index in [0.29, 0.717) is 6.08 Å². The van der Waals surface area contributed by atoms with Crippen molar-refractivity contribution in [2.45, 2.75) is 25.6 Å². The molecule has 1 aliphatic carbocycles. The Morgan fingerprint density at radius 1 is 1.36 bits per heavy atom. The number of aliphatic hydroxyl groups is 1. The van der Waals surface area contributed by atoms with Crippen molar-refractivity contribution in [2.75, 3.05) is 0 Å². The quantitative estimate of drug-likeness (QED) is 0.655. The van der Waals surface area contributed by atoms with Gasteiger partial charge >= 0.3 is 6.18 Å². The van der Waals surface area contributed by atoms with Gasteiger partial charge in [0.1, 0.15) is 0 Å². The normalized spacial score (nSPS) is 28.6. The molecule has 0 aromatic carbocycles. The molecule has 78 valence electrons. The largest absolute Gasteiger partial charge is 0.424 e. The maximum absolute atomic E-state index is 12.4. The van der Waals surface area contributed by atoms with E-state index >= 15 is 0 Å². The Kier molecular flexibility index (Phi) is 2.31. The number of hydrogen-bond acceptors (Lipinski definition) is 2. The van der Waals surface area contributed by atoms with Gasteiger partial charge in [0, 0.05) is 0 Å². The Morgan fingerprint density at radius 2 is 1.86 bits per heavy atom. The highest BCUT2D eigenvalue weighted by molar-refractivity contribution is 6.05. The molecule has 1 atom stereocenters. The maximum atomic E-state index is 12.4. The lowest BCUT2D eigenvalue weighted by molar-refractivity contribution is -0.225. The van der Waals surface area contributed by atoms with Crippen LogP contribution in [-0.2, 0) is 4.79 Å². The lowest BCUT2D eigenvalue weighted by Crippen LogP contribution is -2.46. The summed E-state index contributed by atoms with van der Waals surface area (Å²) in [5.41, 5.74) is -3.50. The van der Waals surface area contributed by atoms with Crippen molar-refractivity contribution in [1.29, 1.82) is 0 Å². The van der Waals surface area contributed by atoms with Gasteiger partial charge in [0.15, 0.2) is 5.78 Å². The smallest absolute Gasteiger partial charge is 0.373 e. The van der Waals surface area contributed by atoms with Gasteiger partial charge < -0.3 is 5.11 Å². The van der Waals surface area contributed by atoms with E-state index in [0.717, 1.165) is 13.0 Å². The molecule has 0 aliphatic heterocycles. The van der Waals surface area contributed by atoms with Crippen LogP contribution in [0, 0.1) is 0 Å². The van der Waals surface area contributed by atoms with Crippen LogP contribution in [0.25, 0.3) is 0 Å². The Balaban J connectivity index is 3.26. The highest BCUT2D eigenvalue weighted by Crippen LogP contribution is 2.39. The summed E-state index contributed by atoms with van der Waals surface area (Å²) in [6.45, 7) is 2.32. The van der Waals surface area contributed by atoms with Crippen molar-refractivity contribution in [3.63, 3.8) is 0 Å². The van der Waals surface area contributed by atoms with E-state index in [1.807, 2.05) is 0 Å². The first-order valence-electron chi connectivity index (χ1n) is 3.90. The summed E-state index contributed by atoms with van der Waals surface area (Å²) in [7, 11) is 0. The zero-order valence-corrected chi connectivity index (χ0v) is 7.64. The third-order valence-corrected chi connectivity index (χ3v) is 2.20. The molecule has 0 amide bonds. The lowest BCUT2D eigenvalue weighted by Gasteiger charge is -2.31. The van der Waals surface area contributed by atoms with Crippen LogP contribution in [0.15, 0.2) is 23.3 Å². The number of carbonyl (C=O) groups excluding carboxylic acids is 1. The number of carbonyl (C=O) groups is 1. The third-order valence-electron chi connectivity index (χ3n) is 2.20. The summed E-state index contributed by atoms with van der Waals surface area (Å²) in [5.74, 6) is -0.503. The molecular formula is C9H9F3O2. The first kappa shape index (κ1) is 11.0. The third kappa shape index (κ3) is 1.48. The van der Waals surface area contributed by atoms with Crippen LogP contribution < -0.4 is 0 Å². The van der Waals surface area contributed by atoms with E-state index in [4.69, 9.17) is 0 Å². The van der Waals surface area contributed by atoms with E-state index in [9.17, 15) is 23.1 Å². The fraction of sp³-hybridized carbons (Fsp3) is 0.444. The average Bonchev–Trinajstić information content (AvgIpc) is 1.99. The summed E-state index contributed by atoms with van der Waals surface area (Å²) in [4.78, 5) is 11.0. The number of halogens is 3. The van der Waals surface area contributed by atoms with Crippen LogP contribution >= 0.6 is 0 Å². The second-order valence-corrected chi connectivity index (χ2v) is 3.28. The maximum Gasteiger partial charge on any atom is 0.424 e. The molecular weight excluding hydrogens is 197 g/mol. The predicted octanol–water partition coefficient (Wildman–Crippen LogP) is 1.76. The van der Waals surface area contributed by atoms with Gasteiger partial charge in [-0.15, -0.1) is 0 Å². The van der Waals surface area contributed by atoms with Gasteiger partial charge in [-0.3, -0.25) is 4.79 Å². The monoisotopic (exact) mass is 206 g/mol. The Labute approximate surface area is 78.7 Å². The molecule has 0 saturated carbocycles. The van der Waals surface area contributed by atoms with E-state index in [1.165, 1.54) is 6.92 Å². The fourth-order valence-electron chi connectivity index (χ4n) is 1.22. The summed E-state index contributed by atoms with van der Waals surface area (Å²) in [6.07, 6.45) is -3.44. The summed E-state index contributed by atoms with van der Waals surface area (Å²) in [5, 5.41) is 9.34. The molecule has 2 nitrogen and oxygen atoms in total. The van der Waals surface area contributed by atoms with Gasteiger partial charge in [0.25, 0.3) is 0 Å². The number of rotatable bonds is 0. The number of hydrogen-bond donors (Lipinski definition) is 1. The zero-order valence-electron chi connectivity index (χ0n) is 7.64. The minimum absolute atomic E-state index is 0.101. The van der Waals surface area contributed by atoms with Gasteiger partial charge in [-0.1, -0.05) is 0 Å². The van der Waals surface area contributed by atoms with E-state index < -0.39 is 23.1 Å². The lowest BCUT2D eigenvalue weighted by atomic mass is 9.85. The molecule has 5 heteroatoms. The topological polar surface area (TPSA) is 37.3 Å². The van der Waals surface area contributed by atoms with Crippen molar-refractivity contribution in [3.8, 4) is 0 Å². The zero-order chi connectivity index (χ0) is 11.1. The first-order chi connectivity index (χ1) is 6.18. The van der Waals surface area contributed by atoms with Crippen LogP contribution in [0.4, 0.5) is 13.2 Å². The fourth-order valence-corrected chi connectivity index (χ4v) is 1.22. The molecule has 1 aliphatic rings. The molecule has 1 rings (SSSR count). The minimum atomic E-state index is -4.80. The van der Waals surface area contributed by atoms with Crippen LogP contribution in [0.5, 0.6) is 0 Å². The van der Waals surface area contributed by atoms with E-state index in [1.54, 1.807) is 0 Å². The average molecular weight is 206 g/mol. The van der Waals surface area contributed by atoms with Crippen molar-refractivity contribution in [1.82, 2.24) is 0 Å². The molecule has 0 spiro atoms. The van der Waals surface area contributed by atoms with Crippen LogP contribution in [0.3, 0.4) is 0 Å². The van der Waals surface area contributed by atoms with Crippen molar-refractivity contribution >= 4 is 5.78 Å². The van der Waals surface area contributed by atoms with Gasteiger partial charge in [0.05, 0.1) is 0 Å². The molecule has 0 saturated heterocycles. The SMILES string of the molecule is CC1=CC(O)(C(F)(F)F)C(C)=CC1=O. The molecule has 0 fully saturated rings. The molecule has 0 bridgehead atoms. The van der Waals surface area contributed by atoms with Crippen LogP contribution in [0.1, 0.15) is 13.8 Å². The number of alkyl halides is 3. The standard InChI is InChI=1S/C9H9F3O2/c1-5-4-8(14,9(10,11)12)6(2)3-7(5)13/h3-4,14H,1-2H3. The molecule has 0 aromatic heterocycles. The molecule has 1 unspecified atom stereocenters. The highest BCUT2D eigenvalue weighted by atomic mass is 19.4. The molecule has 14 heavy (non-hydrogen) atoms.